The number of rotatable bonds is 8. The Morgan fingerprint density at radius 3 is 1.69 bits per heavy atom. The minimum atomic E-state index is -0.305. The van der Waals surface area contributed by atoms with Crippen LogP contribution in [-0.2, 0) is 14.4 Å². The van der Waals surface area contributed by atoms with Crippen molar-refractivity contribution in [1.82, 2.24) is 0 Å². The van der Waals surface area contributed by atoms with Gasteiger partial charge in [0.05, 0.1) is 0 Å². The van der Waals surface area contributed by atoms with Gasteiger partial charge in [-0.15, -0.1) is 0 Å². The van der Waals surface area contributed by atoms with Crippen molar-refractivity contribution in [3.63, 3.8) is 0 Å². The van der Waals surface area contributed by atoms with Crippen LogP contribution in [0.1, 0.15) is 27.7 Å². The molecule has 2 aromatic carbocycles. The predicted molar refractivity (Wildman–Crippen MR) is 117 cm³/mol. The quantitative estimate of drug-likeness (QED) is 0.716. The van der Waals surface area contributed by atoms with Gasteiger partial charge in [0.25, 0.3) is 0 Å². The number of amides is 3. The van der Waals surface area contributed by atoms with Gasteiger partial charge in [0.2, 0.25) is 17.7 Å². The molecule has 0 saturated heterocycles. The van der Waals surface area contributed by atoms with E-state index in [0.717, 1.165) is 18.8 Å². The molecule has 29 heavy (non-hydrogen) atoms. The molecule has 0 aliphatic rings. The molecule has 2 N–H and O–H groups in total. The molecule has 3 amide bonds. The molecule has 0 atom stereocenters. The summed E-state index contributed by atoms with van der Waals surface area (Å²) in [6.45, 7) is 8.76. The number of carbonyl (C=O) groups is 3. The minimum Gasteiger partial charge on any atom is -0.372 e. The van der Waals surface area contributed by atoms with Crippen molar-refractivity contribution < 1.29 is 14.4 Å². The lowest BCUT2D eigenvalue weighted by atomic mass is 10.2. The fourth-order valence-corrected chi connectivity index (χ4v) is 3.00. The van der Waals surface area contributed by atoms with Crippen molar-refractivity contribution in [2.75, 3.05) is 40.1 Å². The lowest BCUT2D eigenvalue weighted by Crippen LogP contribution is -2.36. The van der Waals surface area contributed by atoms with Crippen LogP contribution < -0.4 is 20.4 Å². The normalized spacial score (nSPS) is 10.2. The monoisotopic (exact) mass is 396 g/mol. The molecule has 0 fully saturated rings. The minimum absolute atomic E-state index is 0.0899. The second-order valence-corrected chi connectivity index (χ2v) is 6.60. The van der Waals surface area contributed by atoms with E-state index in [1.807, 2.05) is 24.3 Å². The molecule has 0 saturated carbocycles. The average molecular weight is 396 g/mol. The fraction of sp³-hybridized carbons (Fsp3) is 0.318. The Hall–Kier alpha value is -3.35. The summed E-state index contributed by atoms with van der Waals surface area (Å²) in [5, 5.41) is 5.44. The zero-order valence-corrected chi connectivity index (χ0v) is 17.4. The molecule has 0 heterocycles. The van der Waals surface area contributed by atoms with E-state index in [1.54, 1.807) is 24.3 Å². The summed E-state index contributed by atoms with van der Waals surface area (Å²) in [6, 6.07) is 14.4. The summed E-state index contributed by atoms with van der Waals surface area (Å²) >= 11 is 0. The zero-order valence-electron chi connectivity index (χ0n) is 17.4. The third-order valence-electron chi connectivity index (χ3n) is 4.46. The Labute approximate surface area is 171 Å². The van der Waals surface area contributed by atoms with Crippen molar-refractivity contribution in [2.45, 2.75) is 27.7 Å². The van der Waals surface area contributed by atoms with Crippen LogP contribution in [0, 0.1) is 0 Å². The van der Waals surface area contributed by atoms with Gasteiger partial charge in [-0.3, -0.25) is 14.4 Å². The first-order valence-corrected chi connectivity index (χ1v) is 9.64. The van der Waals surface area contributed by atoms with Crippen molar-refractivity contribution in [1.29, 1.82) is 0 Å². The first-order valence-electron chi connectivity index (χ1n) is 9.64. The molecule has 0 aliphatic heterocycles. The molecular formula is C22H28N4O3. The Morgan fingerprint density at radius 2 is 1.24 bits per heavy atom. The maximum atomic E-state index is 12.4. The maximum absolute atomic E-state index is 12.4. The van der Waals surface area contributed by atoms with Crippen LogP contribution in [0.5, 0.6) is 0 Å². The van der Waals surface area contributed by atoms with Crippen LogP contribution in [0.2, 0.25) is 0 Å². The summed E-state index contributed by atoms with van der Waals surface area (Å²) in [5.41, 5.74) is 2.98. The van der Waals surface area contributed by atoms with Gasteiger partial charge in [-0.25, -0.2) is 0 Å². The second kappa shape index (κ2) is 10.3. The summed E-state index contributed by atoms with van der Waals surface area (Å²) in [7, 11) is 0. The number of nitrogens with one attached hydrogen (secondary N) is 2. The molecule has 0 bridgehead atoms. The van der Waals surface area contributed by atoms with Gasteiger partial charge in [0, 0.05) is 49.7 Å². The largest absolute Gasteiger partial charge is 0.372 e. The van der Waals surface area contributed by atoms with Crippen LogP contribution in [-0.4, -0.2) is 37.4 Å². The highest BCUT2D eigenvalue weighted by molar-refractivity contribution is 6.02. The predicted octanol–water partition coefficient (Wildman–Crippen LogP) is 3.48. The average Bonchev–Trinajstić information content (AvgIpc) is 2.69. The third-order valence-corrected chi connectivity index (χ3v) is 4.46. The number of hydrogen-bond acceptors (Lipinski definition) is 4. The number of anilines is 4. The van der Waals surface area contributed by atoms with E-state index >= 15 is 0 Å². The topological polar surface area (TPSA) is 81.8 Å². The van der Waals surface area contributed by atoms with Crippen molar-refractivity contribution in [2.24, 2.45) is 0 Å². The molecule has 7 nitrogen and oxygen atoms in total. The molecule has 0 radical (unpaired) electrons. The number of carbonyl (C=O) groups excluding carboxylic acids is 3. The smallest absolute Gasteiger partial charge is 0.244 e. The van der Waals surface area contributed by atoms with Crippen molar-refractivity contribution >= 4 is 40.5 Å². The van der Waals surface area contributed by atoms with Gasteiger partial charge in [-0.1, -0.05) is 0 Å². The van der Waals surface area contributed by atoms with E-state index in [9.17, 15) is 14.4 Å². The van der Waals surface area contributed by atoms with Gasteiger partial charge in [-0.2, -0.15) is 0 Å². The summed E-state index contributed by atoms with van der Waals surface area (Å²) in [5.74, 6) is -0.678. The highest BCUT2D eigenvalue weighted by Crippen LogP contribution is 2.21. The summed E-state index contributed by atoms with van der Waals surface area (Å²) in [6.07, 6.45) is 0. The van der Waals surface area contributed by atoms with Crippen LogP contribution in [0.25, 0.3) is 0 Å². The first kappa shape index (κ1) is 21.9. The molecule has 2 aromatic rings. The van der Waals surface area contributed by atoms with Crippen molar-refractivity contribution in [3.8, 4) is 0 Å². The standard InChI is InChI=1S/C22H28N4O3/c1-5-25(6-2)20-11-13-21(14-12-20)26(17(4)28)15-22(29)24-19-9-7-18(8-10-19)23-16(3)27/h7-14H,5-6,15H2,1-4H3,(H,23,27)(H,24,29). The Kier molecular flexibility index (Phi) is 7.77. The van der Waals surface area contributed by atoms with E-state index in [-0.39, 0.29) is 24.3 Å². The van der Waals surface area contributed by atoms with Gasteiger partial charge in [-0.05, 0) is 62.4 Å². The lowest BCUT2D eigenvalue weighted by Gasteiger charge is -2.24. The van der Waals surface area contributed by atoms with Gasteiger partial charge < -0.3 is 20.4 Å². The van der Waals surface area contributed by atoms with Crippen LogP contribution in [0.4, 0.5) is 22.7 Å². The maximum Gasteiger partial charge on any atom is 0.244 e. The Bertz CT molecular complexity index is 843. The molecule has 0 aliphatic carbocycles. The first-order chi connectivity index (χ1) is 13.8. The fourth-order valence-electron chi connectivity index (χ4n) is 3.00. The lowest BCUT2D eigenvalue weighted by molar-refractivity contribution is -0.120. The van der Waals surface area contributed by atoms with Gasteiger partial charge >= 0.3 is 0 Å². The molecule has 0 aromatic heterocycles. The summed E-state index contributed by atoms with van der Waals surface area (Å²) in [4.78, 5) is 39.3. The Balaban J connectivity index is 2.05. The van der Waals surface area contributed by atoms with Crippen LogP contribution >= 0.6 is 0 Å². The molecule has 0 spiro atoms. The SMILES string of the molecule is CCN(CC)c1ccc(N(CC(=O)Nc2ccc(NC(C)=O)cc2)C(C)=O)cc1. The molecule has 0 unspecified atom stereocenters. The van der Waals surface area contributed by atoms with E-state index < -0.39 is 0 Å². The third kappa shape index (κ3) is 6.34. The highest BCUT2D eigenvalue weighted by Gasteiger charge is 2.16. The Morgan fingerprint density at radius 1 is 0.759 bits per heavy atom. The number of nitrogens with zero attached hydrogens (tertiary/aromatic N) is 2. The number of hydrogen-bond donors (Lipinski definition) is 2. The van der Waals surface area contributed by atoms with E-state index in [2.05, 4.69) is 29.4 Å². The van der Waals surface area contributed by atoms with Crippen LogP contribution in [0.3, 0.4) is 0 Å². The summed E-state index contributed by atoms with van der Waals surface area (Å²) < 4.78 is 0. The zero-order chi connectivity index (χ0) is 21.4. The molecular weight excluding hydrogens is 368 g/mol. The highest BCUT2D eigenvalue weighted by atomic mass is 16.2. The van der Waals surface area contributed by atoms with Crippen LogP contribution in [0.15, 0.2) is 48.5 Å². The van der Waals surface area contributed by atoms with E-state index in [0.29, 0.717) is 17.1 Å². The van der Waals surface area contributed by atoms with E-state index in [1.165, 1.54) is 18.7 Å². The molecule has 154 valence electrons. The van der Waals surface area contributed by atoms with Gasteiger partial charge in [0.1, 0.15) is 6.54 Å². The van der Waals surface area contributed by atoms with Crippen molar-refractivity contribution in [3.05, 3.63) is 48.5 Å². The van der Waals surface area contributed by atoms with Gasteiger partial charge in [0.15, 0.2) is 0 Å². The number of benzene rings is 2. The second-order valence-electron chi connectivity index (χ2n) is 6.60. The molecule has 2 rings (SSSR count). The van der Waals surface area contributed by atoms with E-state index in [4.69, 9.17) is 0 Å². The molecule has 7 heteroatoms.